The number of carbonyl (C=O) groups excluding carboxylic acids is 1. The highest BCUT2D eigenvalue weighted by Crippen LogP contribution is 2.25. The van der Waals surface area contributed by atoms with Crippen molar-refractivity contribution in [1.82, 2.24) is 0 Å². The van der Waals surface area contributed by atoms with E-state index in [9.17, 15) is 14.7 Å². The van der Waals surface area contributed by atoms with Crippen LogP contribution in [0.1, 0.15) is 144 Å². The smallest absolute Gasteiger partial charge is 0.306 e. The molecule has 3 atom stereocenters. The highest BCUT2D eigenvalue weighted by atomic mass is 16.5. The van der Waals surface area contributed by atoms with Gasteiger partial charge in [0.05, 0.1) is 5.92 Å². The second kappa shape index (κ2) is 20.5. The highest BCUT2D eigenvalue weighted by Gasteiger charge is 2.23. The molecule has 0 amide bonds. The molecule has 0 spiro atoms. The maximum atomic E-state index is 12.5. The number of carboxylic acid groups (broad SMARTS) is 1. The van der Waals surface area contributed by atoms with E-state index in [-0.39, 0.29) is 18.0 Å². The molecule has 0 aliphatic carbocycles. The second-order valence-electron chi connectivity index (χ2n) is 10.1. The third-order valence-electron chi connectivity index (χ3n) is 6.81. The van der Waals surface area contributed by atoms with Gasteiger partial charge in [0.1, 0.15) is 6.10 Å². The number of carbonyl (C=O) groups is 2. The molecule has 0 aromatic rings. The molecular weight excluding hydrogens is 400 g/mol. The van der Waals surface area contributed by atoms with Gasteiger partial charge in [-0.25, -0.2) is 0 Å². The van der Waals surface area contributed by atoms with Crippen LogP contribution in [-0.4, -0.2) is 23.1 Å². The Morgan fingerprint density at radius 3 is 1.81 bits per heavy atom. The van der Waals surface area contributed by atoms with Gasteiger partial charge in [-0.15, -0.1) is 0 Å². The molecular formula is C28H54O4. The summed E-state index contributed by atoms with van der Waals surface area (Å²) in [6.07, 6.45) is 17.9. The predicted octanol–water partition coefficient (Wildman–Crippen LogP) is 8.56. The number of unbranched alkanes of at least 4 members (excludes halogenated alkanes) is 7. The molecule has 0 rings (SSSR count). The van der Waals surface area contributed by atoms with Crippen molar-refractivity contribution in [2.75, 3.05) is 0 Å². The molecule has 0 aromatic carbocycles. The third-order valence-corrected chi connectivity index (χ3v) is 6.81. The first-order valence-electron chi connectivity index (χ1n) is 13.8. The minimum atomic E-state index is -0.760. The van der Waals surface area contributed by atoms with Gasteiger partial charge in [0, 0.05) is 6.42 Å². The van der Waals surface area contributed by atoms with Crippen LogP contribution < -0.4 is 0 Å². The van der Waals surface area contributed by atoms with Gasteiger partial charge in [0.15, 0.2) is 0 Å². The van der Waals surface area contributed by atoms with Gasteiger partial charge in [-0.2, -0.15) is 0 Å². The molecule has 0 saturated carbocycles. The van der Waals surface area contributed by atoms with Crippen LogP contribution in [0.5, 0.6) is 0 Å². The molecule has 0 aliphatic heterocycles. The van der Waals surface area contributed by atoms with E-state index in [1.54, 1.807) is 0 Å². The van der Waals surface area contributed by atoms with Crippen LogP contribution in [0.4, 0.5) is 0 Å². The number of hydrogen-bond acceptors (Lipinski definition) is 3. The number of aliphatic carboxylic acids is 1. The quantitative estimate of drug-likeness (QED) is 0.131. The molecule has 0 aliphatic rings. The molecule has 0 saturated heterocycles. The molecule has 0 heterocycles. The van der Waals surface area contributed by atoms with E-state index in [1.807, 2.05) is 6.92 Å². The molecule has 32 heavy (non-hydrogen) atoms. The summed E-state index contributed by atoms with van der Waals surface area (Å²) in [5.41, 5.74) is 0. The fourth-order valence-electron chi connectivity index (χ4n) is 4.51. The van der Waals surface area contributed by atoms with Crippen LogP contribution in [0.25, 0.3) is 0 Å². The van der Waals surface area contributed by atoms with E-state index in [4.69, 9.17) is 4.74 Å². The Bertz CT molecular complexity index is 460. The monoisotopic (exact) mass is 454 g/mol. The Hall–Kier alpha value is -1.06. The number of hydrogen-bond donors (Lipinski definition) is 1. The lowest BCUT2D eigenvalue weighted by atomic mass is 9.90. The number of esters is 1. The lowest BCUT2D eigenvalue weighted by Crippen LogP contribution is -2.27. The zero-order valence-corrected chi connectivity index (χ0v) is 22.0. The summed E-state index contributed by atoms with van der Waals surface area (Å²) in [4.78, 5) is 23.7. The first-order valence-corrected chi connectivity index (χ1v) is 13.8. The van der Waals surface area contributed by atoms with Gasteiger partial charge in [0.25, 0.3) is 0 Å². The van der Waals surface area contributed by atoms with Crippen LogP contribution in [0.3, 0.4) is 0 Å². The van der Waals surface area contributed by atoms with Crippen LogP contribution >= 0.6 is 0 Å². The highest BCUT2D eigenvalue weighted by molar-refractivity contribution is 5.71. The lowest BCUT2D eigenvalue weighted by Gasteiger charge is -2.26. The summed E-state index contributed by atoms with van der Waals surface area (Å²) >= 11 is 0. The van der Waals surface area contributed by atoms with Gasteiger partial charge in [-0.05, 0) is 56.8 Å². The maximum Gasteiger partial charge on any atom is 0.306 e. The Balaban J connectivity index is 4.38. The van der Waals surface area contributed by atoms with Gasteiger partial charge < -0.3 is 9.84 Å². The molecule has 4 heteroatoms. The van der Waals surface area contributed by atoms with Crippen molar-refractivity contribution in [3.05, 3.63) is 0 Å². The number of rotatable bonds is 22. The molecule has 0 aromatic heterocycles. The molecule has 190 valence electrons. The van der Waals surface area contributed by atoms with Crippen LogP contribution in [-0.2, 0) is 14.3 Å². The zero-order valence-electron chi connectivity index (χ0n) is 22.0. The molecule has 3 unspecified atom stereocenters. The SMILES string of the molecule is CCCCC(CC)C(CCCCCCCCCC(C)C)OC(=O)CCCC(CC)C(=O)O. The largest absolute Gasteiger partial charge is 0.481 e. The van der Waals surface area contributed by atoms with Crippen molar-refractivity contribution in [2.24, 2.45) is 17.8 Å². The Morgan fingerprint density at radius 1 is 0.719 bits per heavy atom. The zero-order chi connectivity index (χ0) is 24.2. The van der Waals surface area contributed by atoms with Crippen LogP contribution in [0.15, 0.2) is 0 Å². The summed E-state index contributed by atoms with van der Waals surface area (Å²) in [6, 6.07) is 0. The van der Waals surface area contributed by atoms with Crippen molar-refractivity contribution in [3.63, 3.8) is 0 Å². The summed E-state index contributed by atoms with van der Waals surface area (Å²) < 4.78 is 5.97. The van der Waals surface area contributed by atoms with Crippen molar-refractivity contribution in [1.29, 1.82) is 0 Å². The van der Waals surface area contributed by atoms with Crippen molar-refractivity contribution >= 4 is 11.9 Å². The van der Waals surface area contributed by atoms with E-state index >= 15 is 0 Å². The first kappa shape index (κ1) is 30.9. The average Bonchev–Trinajstić information content (AvgIpc) is 2.75. The minimum absolute atomic E-state index is 0.0199. The van der Waals surface area contributed by atoms with E-state index < -0.39 is 5.97 Å². The summed E-state index contributed by atoms with van der Waals surface area (Å²) in [5.74, 6) is 0.00739. The van der Waals surface area contributed by atoms with Crippen LogP contribution in [0, 0.1) is 17.8 Å². The van der Waals surface area contributed by atoms with Crippen molar-refractivity contribution < 1.29 is 19.4 Å². The summed E-state index contributed by atoms with van der Waals surface area (Å²) in [7, 11) is 0. The number of carboxylic acids is 1. The fourth-order valence-corrected chi connectivity index (χ4v) is 4.51. The average molecular weight is 455 g/mol. The van der Waals surface area contributed by atoms with Gasteiger partial charge in [-0.3, -0.25) is 9.59 Å². The van der Waals surface area contributed by atoms with Gasteiger partial charge >= 0.3 is 11.9 Å². The standard InChI is InChI=1S/C28H54O4/c1-6-9-19-24(7-2)26(21-16-14-12-10-11-13-15-18-23(4)5)32-27(29)22-17-20-25(8-3)28(30)31/h23-26H,6-22H2,1-5H3,(H,30,31). The molecule has 0 radical (unpaired) electrons. The molecule has 0 bridgehead atoms. The first-order chi connectivity index (χ1) is 15.3. The van der Waals surface area contributed by atoms with E-state index in [0.717, 1.165) is 31.6 Å². The Morgan fingerprint density at radius 2 is 1.31 bits per heavy atom. The molecule has 0 fully saturated rings. The van der Waals surface area contributed by atoms with E-state index in [1.165, 1.54) is 57.8 Å². The van der Waals surface area contributed by atoms with Gasteiger partial charge in [0.2, 0.25) is 0 Å². The Kier molecular flexibility index (Phi) is 19.9. The van der Waals surface area contributed by atoms with Crippen molar-refractivity contribution in [3.8, 4) is 0 Å². The van der Waals surface area contributed by atoms with Crippen molar-refractivity contribution in [2.45, 2.75) is 150 Å². The lowest BCUT2D eigenvalue weighted by molar-refractivity contribution is -0.153. The topological polar surface area (TPSA) is 63.6 Å². The minimum Gasteiger partial charge on any atom is -0.481 e. The van der Waals surface area contributed by atoms with Gasteiger partial charge in [-0.1, -0.05) is 92.4 Å². The molecule has 4 nitrogen and oxygen atoms in total. The fraction of sp³-hybridized carbons (Fsp3) is 0.929. The second-order valence-corrected chi connectivity index (χ2v) is 10.1. The summed E-state index contributed by atoms with van der Waals surface area (Å²) in [6.45, 7) is 10.9. The normalized spacial score (nSPS) is 14.3. The maximum absolute atomic E-state index is 12.5. The third kappa shape index (κ3) is 16.6. The number of ether oxygens (including phenoxy) is 1. The van der Waals surface area contributed by atoms with Crippen LogP contribution in [0.2, 0.25) is 0 Å². The van der Waals surface area contributed by atoms with E-state index in [0.29, 0.717) is 31.6 Å². The summed E-state index contributed by atoms with van der Waals surface area (Å²) in [5, 5.41) is 9.18. The van der Waals surface area contributed by atoms with E-state index in [2.05, 4.69) is 27.7 Å². The Labute approximate surface area is 199 Å². The molecule has 1 N–H and O–H groups in total. The predicted molar refractivity (Wildman–Crippen MR) is 135 cm³/mol.